The summed E-state index contributed by atoms with van der Waals surface area (Å²) >= 11 is 0.875. The smallest absolute Gasteiger partial charge is 0.416 e. The fourth-order valence-corrected chi connectivity index (χ4v) is 2.86. The van der Waals surface area contributed by atoms with E-state index in [9.17, 15) is 18.0 Å². The fraction of sp³-hybridized carbons (Fsp3) is 0.154. The van der Waals surface area contributed by atoms with E-state index in [4.69, 9.17) is 10.8 Å². The number of aromatic carboxylic acids is 1. The molecule has 0 fully saturated rings. The van der Waals surface area contributed by atoms with Crippen molar-refractivity contribution in [2.24, 2.45) is 0 Å². The summed E-state index contributed by atoms with van der Waals surface area (Å²) in [4.78, 5) is 11.4. The van der Waals surface area contributed by atoms with Crippen molar-refractivity contribution in [3.8, 4) is 10.4 Å². The van der Waals surface area contributed by atoms with Crippen LogP contribution in [0.3, 0.4) is 0 Å². The number of carboxylic acid groups (broad SMARTS) is 1. The van der Waals surface area contributed by atoms with Gasteiger partial charge in [-0.3, -0.25) is 0 Å². The molecule has 0 bridgehead atoms. The van der Waals surface area contributed by atoms with E-state index in [1.807, 2.05) is 0 Å². The number of nitrogen functional groups attached to an aromatic ring is 1. The minimum absolute atomic E-state index is 0.0603. The molecule has 0 radical (unpaired) electrons. The lowest BCUT2D eigenvalue weighted by Crippen LogP contribution is -2.04. The number of anilines is 1. The number of alkyl halides is 3. The summed E-state index contributed by atoms with van der Waals surface area (Å²) in [6.45, 7) is 1.59. The minimum Gasteiger partial charge on any atom is -0.477 e. The maximum Gasteiger partial charge on any atom is 0.416 e. The molecule has 0 aliphatic heterocycles. The van der Waals surface area contributed by atoms with E-state index in [0.29, 0.717) is 16.0 Å². The van der Waals surface area contributed by atoms with Crippen molar-refractivity contribution in [3.05, 3.63) is 40.3 Å². The highest BCUT2D eigenvalue weighted by atomic mass is 32.1. The molecule has 3 N–H and O–H groups in total. The molecule has 2 aromatic rings. The second-order valence-electron chi connectivity index (χ2n) is 4.18. The van der Waals surface area contributed by atoms with Crippen molar-refractivity contribution < 1.29 is 23.1 Å². The van der Waals surface area contributed by atoms with Gasteiger partial charge in [0.15, 0.2) is 0 Å². The maximum absolute atomic E-state index is 12.7. The number of carboxylic acids is 1. The Labute approximate surface area is 116 Å². The molecule has 7 heteroatoms. The summed E-state index contributed by atoms with van der Waals surface area (Å²) in [5, 5.41) is 8.98. The number of carbonyl (C=O) groups is 1. The maximum atomic E-state index is 12.7. The average Bonchev–Trinajstić information content (AvgIpc) is 2.66. The van der Waals surface area contributed by atoms with Crippen LogP contribution in [-0.2, 0) is 6.18 Å². The van der Waals surface area contributed by atoms with E-state index in [0.717, 1.165) is 23.5 Å². The van der Waals surface area contributed by atoms with Crippen molar-refractivity contribution in [3.63, 3.8) is 0 Å². The molecule has 0 saturated heterocycles. The summed E-state index contributed by atoms with van der Waals surface area (Å²) in [5.74, 6) is -1.19. The highest BCUT2D eigenvalue weighted by Crippen LogP contribution is 2.40. The van der Waals surface area contributed by atoms with Gasteiger partial charge in [-0.2, -0.15) is 13.2 Å². The number of nitrogens with two attached hydrogens (primary N) is 1. The zero-order chi connectivity index (χ0) is 15.1. The molecule has 0 spiro atoms. The molecule has 3 nitrogen and oxygen atoms in total. The van der Waals surface area contributed by atoms with Crippen LogP contribution < -0.4 is 5.73 Å². The minimum atomic E-state index is -4.44. The van der Waals surface area contributed by atoms with Gasteiger partial charge < -0.3 is 10.8 Å². The average molecular weight is 301 g/mol. The largest absolute Gasteiger partial charge is 0.477 e. The van der Waals surface area contributed by atoms with Gasteiger partial charge in [-0.1, -0.05) is 12.1 Å². The van der Waals surface area contributed by atoms with Crippen LogP contribution in [0.4, 0.5) is 18.9 Å². The molecule has 0 saturated carbocycles. The number of benzene rings is 1. The van der Waals surface area contributed by atoms with Crippen LogP contribution in [0.2, 0.25) is 0 Å². The van der Waals surface area contributed by atoms with Crippen LogP contribution in [0.1, 0.15) is 20.8 Å². The van der Waals surface area contributed by atoms with Gasteiger partial charge in [0.05, 0.1) is 11.3 Å². The first-order valence-electron chi connectivity index (χ1n) is 5.51. The van der Waals surface area contributed by atoms with E-state index in [-0.39, 0.29) is 10.6 Å². The number of rotatable bonds is 2. The Balaban J connectivity index is 2.58. The van der Waals surface area contributed by atoms with Crippen LogP contribution >= 0.6 is 11.3 Å². The number of thiophene rings is 1. The van der Waals surface area contributed by atoms with Gasteiger partial charge >= 0.3 is 12.1 Å². The lowest BCUT2D eigenvalue weighted by molar-refractivity contribution is -0.137. The zero-order valence-corrected chi connectivity index (χ0v) is 11.1. The van der Waals surface area contributed by atoms with Crippen LogP contribution in [0.5, 0.6) is 0 Å². The molecule has 1 aromatic heterocycles. The molecule has 0 atom stereocenters. The summed E-state index contributed by atoms with van der Waals surface area (Å²) in [5.41, 5.74) is 5.77. The summed E-state index contributed by atoms with van der Waals surface area (Å²) < 4.78 is 38.0. The predicted octanol–water partition coefficient (Wildman–Crippen LogP) is 4.02. The molecule has 0 amide bonds. The first-order chi connectivity index (χ1) is 9.21. The number of hydrogen-bond donors (Lipinski definition) is 2. The highest BCUT2D eigenvalue weighted by Gasteiger charge is 2.31. The molecular formula is C13H10F3NO2S. The van der Waals surface area contributed by atoms with E-state index < -0.39 is 17.7 Å². The van der Waals surface area contributed by atoms with Gasteiger partial charge in [-0.15, -0.1) is 11.3 Å². The van der Waals surface area contributed by atoms with Gasteiger partial charge in [0.25, 0.3) is 0 Å². The quantitative estimate of drug-likeness (QED) is 0.880. The van der Waals surface area contributed by atoms with Gasteiger partial charge in [-0.25, -0.2) is 4.79 Å². The number of halogens is 3. The third-order valence-corrected chi connectivity index (χ3v) is 4.18. The summed E-state index contributed by atoms with van der Waals surface area (Å²) in [7, 11) is 0. The third kappa shape index (κ3) is 2.49. The molecule has 0 aliphatic rings. The van der Waals surface area contributed by atoms with Gasteiger partial charge in [-0.05, 0) is 30.2 Å². The number of hydrogen-bond acceptors (Lipinski definition) is 3. The van der Waals surface area contributed by atoms with Crippen LogP contribution in [0.25, 0.3) is 10.4 Å². The second kappa shape index (κ2) is 4.82. The van der Waals surface area contributed by atoms with E-state index in [1.54, 1.807) is 6.92 Å². The van der Waals surface area contributed by atoms with Crippen LogP contribution in [0.15, 0.2) is 24.3 Å². The van der Waals surface area contributed by atoms with Crippen LogP contribution in [0, 0.1) is 6.92 Å². The first-order valence-corrected chi connectivity index (χ1v) is 6.33. The van der Waals surface area contributed by atoms with E-state index >= 15 is 0 Å². The highest BCUT2D eigenvalue weighted by molar-refractivity contribution is 7.18. The van der Waals surface area contributed by atoms with Gasteiger partial charge in [0.2, 0.25) is 0 Å². The normalized spacial score (nSPS) is 11.6. The Morgan fingerprint density at radius 2 is 2.00 bits per heavy atom. The zero-order valence-electron chi connectivity index (χ0n) is 10.3. The summed E-state index contributed by atoms with van der Waals surface area (Å²) in [6.07, 6.45) is -4.44. The summed E-state index contributed by atoms with van der Waals surface area (Å²) in [6, 6.07) is 4.74. The Bertz CT molecular complexity index is 677. The molecule has 1 aromatic carbocycles. The fourth-order valence-electron chi connectivity index (χ4n) is 1.80. The standard InChI is InChI=1S/C13H10F3NO2S/c1-6-9(17)11(12(18)19)20-10(6)7-3-2-4-8(5-7)13(14,15)16/h2-5H,17H2,1H3,(H,18,19). The molecule has 2 rings (SSSR count). The lowest BCUT2D eigenvalue weighted by atomic mass is 10.1. The Kier molecular flexibility index (Phi) is 3.47. The van der Waals surface area contributed by atoms with Crippen molar-refractivity contribution in [1.29, 1.82) is 0 Å². The third-order valence-electron chi connectivity index (χ3n) is 2.84. The van der Waals surface area contributed by atoms with E-state index in [1.165, 1.54) is 12.1 Å². The van der Waals surface area contributed by atoms with Gasteiger partial charge in [0.1, 0.15) is 4.88 Å². The predicted molar refractivity (Wildman–Crippen MR) is 70.9 cm³/mol. The molecule has 0 aliphatic carbocycles. The molecule has 106 valence electrons. The van der Waals surface area contributed by atoms with Crippen molar-refractivity contribution in [2.75, 3.05) is 5.73 Å². The topological polar surface area (TPSA) is 63.3 Å². The van der Waals surface area contributed by atoms with Crippen molar-refractivity contribution in [2.45, 2.75) is 13.1 Å². The molecule has 20 heavy (non-hydrogen) atoms. The van der Waals surface area contributed by atoms with Crippen molar-refractivity contribution >= 4 is 23.0 Å². The first kappa shape index (κ1) is 14.4. The monoisotopic (exact) mass is 301 g/mol. The SMILES string of the molecule is Cc1c(-c2cccc(C(F)(F)F)c2)sc(C(=O)O)c1N. The molecule has 1 heterocycles. The lowest BCUT2D eigenvalue weighted by Gasteiger charge is -2.08. The Hall–Kier alpha value is -2.02. The van der Waals surface area contributed by atoms with E-state index in [2.05, 4.69) is 0 Å². The van der Waals surface area contributed by atoms with Crippen LogP contribution in [-0.4, -0.2) is 11.1 Å². The Morgan fingerprint density at radius 1 is 1.35 bits per heavy atom. The second-order valence-corrected chi connectivity index (χ2v) is 5.20. The molecule has 0 unspecified atom stereocenters. The molecular weight excluding hydrogens is 291 g/mol. The van der Waals surface area contributed by atoms with Gasteiger partial charge in [0, 0.05) is 4.88 Å². The Morgan fingerprint density at radius 3 is 2.50 bits per heavy atom. The van der Waals surface area contributed by atoms with Crippen molar-refractivity contribution in [1.82, 2.24) is 0 Å².